The maximum absolute atomic E-state index is 11.7. The molecule has 1 aromatic carbocycles. The number of nitrogens with two attached hydrogens (primary N) is 1. The molecule has 0 aliphatic carbocycles. The minimum absolute atomic E-state index is 0.158. The fraction of sp³-hybridized carbons (Fsp3) is 0.308. The average Bonchev–Trinajstić information content (AvgIpc) is 2.38. The van der Waals surface area contributed by atoms with Gasteiger partial charge in [-0.1, -0.05) is 30.3 Å². The van der Waals surface area contributed by atoms with Crippen LogP contribution in [0.3, 0.4) is 0 Å². The van der Waals surface area contributed by atoms with Gasteiger partial charge < -0.3 is 21.5 Å². The molecule has 1 rings (SSSR count). The standard InChI is InChI=1S/C13H17N3O4/c1-8(15-13(14)20)11(17)16-10(12(18)19)7-9-5-3-2-4-6-9/h2-6,8,10H,7H2,1H3,(H,16,17)(H,18,19)(H3,14,15,20). The van der Waals surface area contributed by atoms with Crippen molar-refractivity contribution in [2.45, 2.75) is 25.4 Å². The van der Waals surface area contributed by atoms with Crippen LogP contribution in [0.15, 0.2) is 30.3 Å². The SMILES string of the molecule is CC(NC(N)=O)C(=O)NC(Cc1ccccc1)C(=O)O. The second-order valence-electron chi connectivity index (χ2n) is 4.32. The monoisotopic (exact) mass is 279 g/mol. The van der Waals surface area contributed by atoms with Gasteiger partial charge in [0.15, 0.2) is 0 Å². The summed E-state index contributed by atoms with van der Waals surface area (Å²) >= 11 is 0. The molecule has 7 heteroatoms. The summed E-state index contributed by atoms with van der Waals surface area (Å²) in [6.45, 7) is 1.42. The molecule has 3 amide bonds. The van der Waals surface area contributed by atoms with E-state index < -0.39 is 30.0 Å². The Labute approximate surface area is 116 Å². The number of nitrogens with one attached hydrogen (secondary N) is 2. The highest BCUT2D eigenvalue weighted by Crippen LogP contribution is 2.03. The van der Waals surface area contributed by atoms with Crippen LogP contribution in [-0.2, 0) is 16.0 Å². The summed E-state index contributed by atoms with van der Waals surface area (Å²) in [5, 5.41) is 13.7. The zero-order valence-corrected chi connectivity index (χ0v) is 11.0. The predicted molar refractivity (Wildman–Crippen MR) is 71.9 cm³/mol. The van der Waals surface area contributed by atoms with Crippen LogP contribution in [0.1, 0.15) is 12.5 Å². The van der Waals surface area contributed by atoms with Crippen molar-refractivity contribution in [1.29, 1.82) is 0 Å². The first-order valence-electron chi connectivity index (χ1n) is 6.03. The topological polar surface area (TPSA) is 122 Å². The molecule has 0 bridgehead atoms. The Kier molecular flexibility index (Phi) is 5.52. The van der Waals surface area contributed by atoms with Crippen molar-refractivity contribution < 1.29 is 19.5 Å². The van der Waals surface area contributed by atoms with Gasteiger partial charge in [-0.05, 0) is 12.5 Å². The zero-order chi connectivity index (χ0) is 15.1. The highest BCUT2D eigenvalue weighted by Gasteiger charge is 2.23. The number of urea groups is 1. The first-order chi connectivity index (χ1) is 9.40. The number of primary amides is 1. The summed E-state index contributed by atoms with van der Waals surface area (Å²) < 4.78 is 0. The first kappa shape index (κ1) is 15.5. The van der Waals surface area contributed by atoms with E-state index in [1.807, 2.05) is 6.07 Å². The van der Waals surface area contributed by atoms with Crippen molar-refractivity contribution in [2.24, 2.45) is 5.73 Å². The van der Waals surface area contributed by atoms with Crippen molar-refractivity contribution in [3.8, 4) is 0 Å². The Morgan fingerprint density at radius 3 is 2.30 bits per heavy atom. The third-order valence-electron chi connectivity index (χ3n) is 2.65. The molecule has 0 aliphatic heterocycles. The van der Waals surface area contributed by atoms with Crippen LogP contribution < -0.4 is 16.4 Å². The third-order valence-corrected chi connectivity index (χ3v) is 2.65. The van der Waals surface area contributed by atoms with Gasteiger partial charge in [0, 0.05) is 6.42 Å². The van der Waals surface area contributed by atoms with Crippen molar-refractivity contribution >= 4 is 17.9 Å². The lowest BCUT2D eigenvalue weighted by Crippen LogP contribution is -2.52. The summed E-state index contributed by atoms with van der Waals surface area (Å²) in [7, 11) is 0. The van der Waals surface area contributed by atoms with Gasteiger partial charge in [0.05, 0.1) is 0 Å². The number of carboxylic acid groups (broad SMARTS) is 1. The van der Waals surface area contributed by atoms with Gasteiger partial charge in [0.25, 0.3) is 0 Å². The maximum Gasteiger partial charge on any atom is 0.326 e. The van der Waals surface area contributed by atoms with Gasteiger partial charge in [-0.15, -0.1) is 0 Å². The Hall–Kier alpha value is -2.57. The number of hydrogen-bond acceptors (Lipinski definition) is 3. The van der Waals surface area contributed by atoms with Crippen molar-refractivity contribution in [3.05, 3.63) is 35.9 Å². The van der Waals surface area contributed by atoms with E-state index in [9.17, 15) is 14.4 Å². The van der Waals surface area contributed by atoms with Crippen molar-refractivity contribution in [3.63, 3.8) is 0 Å². The molecule has 0 aliphatic rings. The molecule has 0 saturated heterocycles. The number of amides is 3. The number of carboxylic acids is 1. The number of hydrogen-bond donors (Lipinski definition) is 4. The van der Waals surface area contributed by atoms with E-state index in [2.05, 4.69) is 10.6 Å². The molecule has 20 heavy (non-hydrogen) atoms. The Morgan fingerprint density at radius 2 is 1.80 bits per heavy atom. The lowest BCUT2D eigenvalue weighted by molar-refractivity contribution is -0.142. The minimum Gasteiger partial charge on any atom is -0.480 e. The fourth-order valence-corrected chi connectivity index (χ4v) is 1.63. The molecule has 0 heterocycles. The second kappa shape index (κ2) is 7.13. The summed E-state index contributed by atoms with van der Waals surface area (Å²) in [5.74, 6) is -1.75. The molecule has 0 saturated carbocycles. The van der Waals surface area contributed by atoms with E-state index in [0.717, 1.165) is 5.56 Å². The van der Waals surface area contributed by atoms with Crippen LogP contribution in [0.25, 0.3) is 0 Å². The van der Waals surface area contributed by atoms with Gasteiger partial charge in [0.1, 0.15) is 12.1 Å². The molecule has 0 spiro atoms. The first-order valence-corrected chi connectivity index (χ1v) is 6.03. The van der Waals surface area contributed by atoms with Crippen molar-refractivity contribution in [2.75, 3.05) is 0 Å². The summed E-state index contributed by atoms with van der Waals surface area (Å²) in [6.07, 6.45) is 0.158. The van der Waals surface area contributed by atoms with E-state index in [-0.39, 0.29) is 6.42 Å². The second-order valence-corrected chi connectivity index (χ2v) is 4.32. The van der Waals surface area contributed by atoms with Gasteiger partial charge in [-0.3, -0.25) is 4.79 Å². The molecule has 2 atom stereocenters. The Balaban J connectivity index is 2.66. The van der Waals surface area contributed by atoms with Gasteiger partial charge >= 0.3 is 12.0 Å². The number of aliphatic carboxylic acids is 1. The summed E-state index contributed by atoms with van der Waals surface area (Å²) in [5.41, 5.74) is 5.69. The molecule has 108 valence electrons. The van der Waals surface area contributed by atoms with Crippen LogP contribution in [0.4, 0.5) is 4.79 Å². The number of carbonyl (C=O) groups is 3. The lowest BCUT2D eigenvalue weighted by atomic mass is 10.1. The molecule has 5 N–H and O–H groups in total. The molecular weight excluding hydrogens is 262 g/mol. The van der Waals surface area contributed by atoms with E-state index in [4.69, 9.17) is 10.8 Å². The molecular formula is C13H17N3O4. The highest BCUT2D eigenvalue weighted by molar-refractivity contribution is 5.89. The zero-order valence-electron chi connectivity index (χ0n) is 11.0. The molecule has 0 aromatic heterocycles. The summed E-state index contributed by atoms with van der Waals surface area (Å²) in [4.78, 5) is 33.5. The summed E-state index contributed by atoms with van der Waals surface area (Å²) in [6, 6.07) is 6.12. The van der Waals surface area contributed by atoms with Crippen molar-refractivity contribution in [1.82, 2.24) is 10.6 Å². The minimum atomic E-state index is -1.14. The van der Waals surface area contributed by atoms with Crippen LogP contribution in [0.2, 0.25) is 0 Å². The number of carbonyl (C=O) groups excluding carboxylic acids is 2. The molecule has 0 radical (unpaired) electrons. The average molecular weight is 279 g/mol. The van der Waals surface area contributed by atoms with Crippen LogP contribution in [-0.4, -0.2) is 35.1 Å². The molecule has 1 aromatic rings. The normalized spacial score (nSPS) is 13.1. The van der Waals surface area contributed by atoms with E-state index in [1.165, 1.54) is 6.92 Å². The third kappa shape index (κ3) is 4.97. The van der Waals surface area contributed by atoms with Crippen LogP contribution in [0, 0.1) is 0 Å². The quantitative estimate of drug-likeness (QED) is 0.578. The largest absolute Gasteiger partial charge is 0.480 e. The molecule has 7 nitrogen and oxygen atoms in total. The van der Waals surface area contributed by atoms with Crippen LogP contribution >= 0.6 is 0 Å². The van der Waals surface area contributed by atoms with E-state index >= 15 is 0 Å². The Bertz CT molecular complexity index is 490. The smallest absolute Gasteiger partial charge is 0.326 e. The van der Waals surface area contributed by atoms with Gasteiger partial charge in [-0.25, -0.2) is 9.59 Å². The van der Waals surface area contributed by atoms with Crippen LogP contribution in [0.5, 0.6) is 0 Å². The van der Waals surface area contributed by atoms with E-state index in [0.29, 0.717) is 0 Å². The predicted octanol–water partition coefficient (Wildman–Crippen LogP) is -0.145. The van der Waals surface area contributed by atoms with Gasteiger partial charge in [-0.2, -0.15) is 0 Å². The van der Waals surface area contributed by atoms with E-state index in [1.54, 1.807) is 24.3 Å². The lowest BCUT2D eigenvalue weighted by Gasteiger charge is -2.18. The maximum atomic E-state index is 11.7. The highest BCUT2D eigenvalue weighted by atomic mass is 16.4. The molecule has 2 unspecified atom stereocenters. The van der Waals surface area contributed by atoms with Gasteiger partial charge in [0.2, 0.25) is 5.91 Å². The molecule has 0 fully saturated rings. The number of benzene rings is 1. The number of rotatable bonds is 6. The fourth-order valence-electron chi connectivity index (χ4n) is 1.63. The Morgan fingerprint density at radius 1 is 1.20 bits per heavy atom.